The normalized spacial score (nSPS) is 11.1. The molecule has 3 rings (SSSR count). The van der Waals surface area contributed by atoms with E-state index in [1.807, 2.05) is 37.0 Å². The molecule has 4 nitrogen and oxygen atoms in total. The fourth-order valence-electron chi connectivity index (χ4n) is 2.10. The Kier molecular flexibility index (Phi) is 1.83. The molecule has 0 atom stereocenters. The Morgan fingerprint density at radius 1 is 1.25 bits per heavy atom. The number of hydrogen-bond acceptors (Lipinski definition) is 2. The van der Waals surface area contributed by atoms with Crippen LogP contribution in [0, 0.1) is 6.92 Å². The monoisotopic (exact) mass is 212 g/mol. The SMILES string of the molecule is Cc1nnn(C)c1-c1c[nH]c2ccccc12. The molecule has 0 saturated carbocycles. The van der Waals surface area contributed by atoms with Gasteiger partial charge in [-0.15, -0.1) is 5.10 Å². The van der Waals surface area contributed by atoms with E-state index in [0.29, 0.717) is 0 Å². The summed E-state index contributed by atoms with van der Waals surface area (Å²) < 4.78 is 1.81. The van der Waals surface area contributed by atoms with Gasteiger partial charge in [0.2, 0.25) is 0 Å². The quantitative estimate of drug-likeness (QED) is 0.672. The lowest BCUT2D eigenvalue weighted by Crippen LogP contribution is -1.93. The van der Waals surface area contributed by atoms with E-state index in [-0.39, 0.29) is 0 Å². The van der Waals surface area contributed by atoms with Crippen molar-refractivity contribution in [3.63, 3.8) is 0 Å². The first-order chi connectivity index (χ1) is 7.77. The molecule has 4 heteroatoms. The van der Waals surface area contributed by atoms with Crippen molar-refractivity contribution in [2.75, 3.05) is 0 Å². The number of para-hydroxylation sites is 1. The Hall–Kier alpha value is -2.10. The molecule has 0 fully saturated rings. The molecule has 0 saturated heterocycles. The van der Waals surface area contributed by atoms with Crippen LogP contribution in [0.25, 0.3) is 22.2 Å². The minimum atomic E-state index is 0.951. The Balaban J connectivity index is 2.35. The third kappa shape index (κ3) is 1.16. The molecule has 0 amide bonds. The Bertz CT molecular complexity index is 628. The van der Waals surface area contributed by atoms with E-state index in [4.69, 9.17) is 0 Å². The molecular weight excluding hydrogens is 200 g/mol. The van der Waals surface area contributed by atoms with Gasteiger partial charge in [0.15, 0.2) is 0 Å². The molecule has 0 aliphatic carbocycles. The summed E-state index contributed by atoms with van der Waals surface area (Å²) in [6, 6.07) is 8.24. The third-order valence-electron chi connectivity index (χ3n) is 2.84. The highest BCUT2D eigenvalue weighted by molar-refractivity contribution is 5.94. The third-order valence-corrected chi connectivity index (χ3v) is 2.84. The summed E-state index contributed by atoms with van der Waals surface area (Å²) in [5, 5.41) is 9.31. The van der Waals surface area contributed by atoms with Gasteiger partial charge in [-0.2, -0.15) is 0 Å². The van der Waals surface area contributed by atoms with Crippen molar-refractivity contribution >= 4 is 10.9 Å². The zero-order valence-electron chi connectivity index (χ0n) is 9.23. The van der Waals surface area contributed by atoms with Crippen LogP contribution in [0.15, 0.2) is 30.5 Å². The smallest absolute Gasteiger partial charge is 0.0932 e. The van der Waals surface area contributed by atoms with Crippen LogP contribution in [0.4, 0.5) is 0 Å². The number of aromatic nitrogens is 4. The van der Waals surface area contributed by atoms with Crippen LogP contribution in [0.2, 0.25) is 0 Å². The van der Waals surface area contributed by atoms with Gasteiger partial charge in [-0.05, 0) is 13.0 Å². The van der Waals surface area contributed by atoms with E-state index in [2.05, 4.69) is 27.4 Å². The molecule has 0 bridgehead atoms. The van der Waals surface area contributed by atoms with Crippen LogP contribution < -0.4 is 0 Å². The lowest BCUT2D eigenvalue weighted by atomic mass is 10.1. The lowest BCUT2D eigenvalue weighted by Gasteiger charge is -2.00. The summed E-state index contributed by atoms with van der Waals surface area (Å²) in [5.41, 5.74) is 4.31. The Labute approximate surface area is 92.9 Å². The van der Waals surface area contributed by atoms with Gasteiger partial charge in [0.25, 0.3) is 0 Å². The highest BCUT2D eigenvalue weighted by Gasteiger charge is 2.12. The number of benzene rings is 1. The van der Waals surface area contributed by atoms with E-state index in [1.165, 1.54) is 5.39 Å². The Morgan fingerprint density at radius 3 is 2.81 bits per heavy atom. The maximum Gasteiger partial charge on any atom is 0.0932 e. The number of hydrogen-bond donors (Lipinski definition) is 1. The molecule has 80 valence electrons. The van der Waals surface area contributed by atoms with E-state index in [1.54, 1.807) is 0 Å². The van der Waals surface area contributed by atoms with Crippen LogP contribution in [0.3, 0.4) is 0 Å². The highest BCUT2D eigenvalue weighted by atomic mass is 15.4. The Morgan fingerprint density at radius 2 is 2.06 bits per heavy atom. The van der Waals surface area contributed by atoms with E-state index >= 15 is 0 Å². The largest absolute Gasteiger partial charge is 0.360 e. The zero-order chi connectivity index (χ0) is 11.1. The topological polar surface area (TPSA) is 46.5 Å². The predicted molar refractivity (Wildman–Crippen MR) is 63.0 cm³/mol. The van der Waals surface area contributed by atoms with Gasteiger partial charge in [-0.1, -0.05) is 23.4 Å². The molecule has 16 heavy (non-hydrogen) atoms. The van der Waals surface area contributed by atoms with Crippen molar-refractivity contribution in [3.8, 4) is 11.3 Å². The highest BCUT2D eigenvalue weighted by Crippen LogP contribution is 2.29. The summed E-state index contributed by atoms with van der Waals surface area (Å²) >= 11 is 0. The first-order valence-electron chi connectivity index (χ1n) is 5.20. The van der Waals surface area contributed by atoms with Crippen LogP contribution in [-0.2, 0) is 7.05 Å². The average molecular weight is 212 g/mol. The molecule has 0 unspecified atom stereocenters. The molecular formula is C12H12N4. The molecule has 0 spiro atoms. The van der Waals surface area contributed by atoms with Crippen molar-refractivity contribution in [2.45, 2.75) is 6.92 Å². The fraction of sp³-hybridized carbons (Fsp3) is 0.167. The molecule has 0 aliphatic rings. The van der Waals surface area contributed by atoms with E-state index in [9.17, 15) is 0 Å². The summed E-state index contributed by atoms with van der Waals surface area (Å²) in [7, 11) is 1.91. The second-order valence-electron chi connectivity index (χ2n) is 3.90. The van der Waals surface area contributed by atoms with Crippen LogP contribution in [0.5, 0.6) is 0 Å². The molecule has 1 aromatic carbocycles. The number of nitrogens with one attached hydrogen (secondary N) is 1. The van der Waals surface area contributed by atoms with Gasteiger partial charge < -0.3 is 4.98 Å². The predicted octanol–water partition coefficient (Wildman–Crippen LogP) is 2.27. The van der Waals surface area contributed by atoms with Crippen molar-refractivity contribution in [3.05, 3.63) is 36.2 Å². The summed E-state index contributed by atoms with van der Waals surface area (Å²) in [6.45, 7) is 1.98. The van der Waals surface area contributed by atoms with Gasteiger partial charge in [0.1, 0.15) is 0 Å². The first-order valence-corrected chi connectivity index (χ1v) is 5.20. The lowest BCUT2D eigenvalue weighted by molar-refractivity contribution is 0.720. The number of rotatable bonds is 1. The van der Waals surface area contributed by atoms with Crippen molar-refractivity contribution in [1.82, 2.24) is 20.0 Å². The summed E-state index contributed by atoms with van der Waals surface area (Å²) in [6.07, 6.45) is 2.01. The van der Waals surface area contributed by atoms with Gasteiger partial charge in [0.05, 0.1) is 11.4 Å². The average Bonchev–Trinajstić information content (AvgIpc) is 2.83. The van der Waals surface area contributed by atoms with Crippen LogP contribution in [0.1, 0.15) is 5.69 Å². The number of aromatic amines is 1. The molecule has 0 aliphatic heterocycles. The van der Waals surface area contributed by atoms with Gasteiger partial charge in [0, 0.05) is 29.7 Å². The second kappa shape index (κ2) is 3.20. The molecule has 2 heterocycles. The number of fused-ring (bicyclic) bond motifs is 1. The summed E-state index contributed by atoms with van der Waals surface area (Å²) in [4.78, 5) is 3.26. The van der Waals surface area contributed by atoms with E-state index < -0.39 is 0 Å². The molecule has 3 aromatic rings. The zero-order valence-corrected chi connectivity index (χ0v) is 9.23. The summed E-state index contributed by atoms with van der Waals surface area (Å²) in [5.74, 6) is 0. The van der Waals surface area contributed by atoms with Gasteiger partial charge >= 0.3 is 0 Å². The van der Waals surface area contributed by atoms with Crippen molar-refractivity contribution in [1.29, 1.82) is 0 Å². The first kappa shape index (κ1) is 9.15. The minimum Gasteiger partial charge on any atom is -0.360 e. The standard InChI is InChI=1S/C12H12N4/c1-8-12(16(2)15-14-8)10-7-13-11-6-4-3-5-9(10)11/h3-7,13H,1-2H3. The molecule has 2 aromatic heterocycles. The maximum atomic E-state index is 4.08. The van der Waals surface area contributed by atoms with Gasteiger partial charge in [-0.3, -0.25) is 0 Å². The fourth-order valence-corrected chi connectivity index (χ4v) is 2.10. The number of nitrogens with zero attached hydrogens (tertiary/aromatic N) is 3. The van der Waals surface area contributed by atoms with Crippen LogP contribution in [-0.4, -0.2) is 20.0 Å². The maximum absolute atomic E-state index is 4.08. The molecule has 0 radical (unpaired) electrons. The van der Waals surface area contributed by atoms with Crippen molar-refractivity contribution < 1.29 is 0 Å². The molecule has 1 N–H and O–H groups in total. The second-order valence-corrected chi connectivity index (χ2v) is 3.90. The number of aryl methyl sites for hydroxylation is 2. The van der Waals surface area contributed by atoms with Crippen LogP contribution >= 0.6 is 0 Å². The van der Waals surface area contributed by atoms with E-state index in [0.717, 1.165) is 22.5 Å². The number of H-pyrrole nitrogens is 1. The minimum absolute atomic E-state index is 0.951. The van der Waals surface area contributed by atoms with Crippen molar-refractivity contribution in [2.24, 2.45) is 7.05 Å². The van der Waals surface area contributed by atoms with Gasteiger partial charge in [-0.25, -0.2) is 4.68 Å².